The molecule has 0 radical (unpaired) electrons. The number of nitrogens with two attached hydrogens (primary N) is 1. The fraction of sp³-hybridized carbons (Fsp3) is 0.364. The minimum absolute atomic E-state index is 0.0807. The molecule has 0 saturated heterocycles. The van der Waals surface area contributed by atoms with E-state index in [1.165, 1.54) is 12.1 Å². The molecule has 0 bridgehead atoms. The maximum absolute atomic E-state index is 11.2. The van der Waals surface area contributed by atoms with Gasteiger partial charge in [-0.3, -0.25) is 14.9 Å². The molecule has 1 rings (SSSR count). The van der Waals surface area contributed by atoms with Crippen LogP contribution in [0, 0.1) is 10.1 Å². The third-order valence-electron chi connectivity index (χ3n) is 2.54. The van der Waals surface area contributed by atoms with Gasteiger partial charge in [0.25, 0.3) is 5.69 Å². The maximum atomic E-state index is 11.2. The predicted molar refractivity (Wildman–Crippen MR) is 60.4 cm³/mol. The van der Waals surface area contributed by atoms with Crippen LogP contribution >= 0.6 is 0 Å². The molecule has 86 valence electrons. The number of carbonyl (C=O) groups is 1. The third kappa shape index (κ3) is 2.18. The Morgan fingerprint density at radius 2 is 2.00 bits per heavy atom. The molecular formula is C11H14N2O3. The van der Waals surface area contributed by atoms with E-state index in [2.05, 4.69) is 0 Å². The number of nitro benzene ring substituents is 1. The fourth-order valence-electron chi connectivity index (χ4n) is 1.77. The lowest BCUT2D eigenvalue weighted by atomic mass is 9.96. The van der Waals surface area contributed by atoms with Crippen molar-refractivity contribution in [3.8, 4) is 0 Å². The highest BCUT2D eigenvalue weighted by Gasteiger charge is 2.17. The molecule has 5 nitrogen and oxygen atoms in total. The predicted octanol–water partition coefficient (Wildman–Crippen LogP) is 1.82. The quantitative estimate of drug-likeness (QED) is 0.622. The largest absolute Gasteiger partial charge is 0.366 e. The van der Waals surface area contributed by atoms with Crippen molar-refractivity contribution in [2.45, 2.75) is 26.7 Å². The molecule has 0 aliphatic heterocycles. The van der Waals surface area contributed by atoms with Gasteiger partial charge in [0, 0.05) is 17.7 Å². The minimum Gasteiger partial charge on any atom is -0.366 e. The summed E-state index contributed by atoms with van der Waals surface area (Å²) in [6.07, 6.45) is 1.28. The molecule has 0 saturated carbocycles. The van der Waals surface area contributed by atoms with Gasteiger partial charge in [-0.15, -0.1) is 0 Å². The smallest absolute Gasteiger partial charge is 0.270 e. The number of amides is 1. The van der Waals surface area contributed by atoms with Crippen LogP contribution in [0.1, 0.15) is 35.3 Å². The number of hydrogen-bond acceptors (Lipinski definition) is 3. The summed E-state index contributed by atoms with van der Waals surface area (Å²) in [6.45, 7) is 3.79. The first-order valence-corrected chi connectivity index (χ1v) is 5.11. The van der Waals surface area contributed by atoms with Crippen LogP contribution in [0.15, 0.2) is 12.1 Å². The second-order valence-electron chi connectivity index (χ2n) is 3.46. The Balaban J connectivity index is 3.49. The standard InChI is InChI=1S/C11H14N2O3/c1-3-7-5-8(13(15)16)6-10(11(12)14)9(7)4-2/h5-6H,3-4H2,1-2H3,(H2,12,14). The summed E-state index contributed by atoms with van der Waals surface area (Å²) in [6, 6.07) is 2.76. The van der Waals surface area contributed by atoms with Crippen molar-refractivity contribution in [2.24, 2.45) is 5.73 Å². The molecule has 0 aliphatic carbocycles. The van der Waals surface area contributed by atoms with E-state index in [0.29, 0.717) is 12.8 Å². The molecule has 0 atom stereocenters. The minimum atomic E-state index is -0.616. The highest BCUT2D eigenvalue weighted by molar-refractivity contribution is 5.95. The molecule has 16 heavy (non-hydrogen) atoms. The van der Waals surface area contributed by atoms with Gasteiger partial charge in [0.05, 0.1) is 4.92 Å². The third-order valence-corrected chi connectivity index (χ3v) is 2.54. The first-order chi connectivity index (χ1) is 7.51. The SMILES string of the molecule is CCc1cc([N+](=O)[O-])cc(C(N)=O)c1CC. The first kappa shape index (κ1) is 12.2. The maximum Gasteiger partial charge on any atom is 0.270 e. The fourth-order valence-corrected chi connectivity index (χ4v) is 1.77. The van der Waals surface area contributed by atoms with Crippen molar-refractivity contribution in [2.75, 3.05) is 0 Å². The topological polar surface area (TPSA) is 86.2 Å². The number of benzene rings is 1. The first-order valence-electron chi connectivity index (χ1n) is 5.11. The van der Waals surface area contributed by atoms with Gasteiger partial charge in [0.1, 0.15) is 0 Å². The lowest BCUT2D eigenvalue weighted by Gasteiger charge is -2.09. The van der Waals surface area contributed by atoms with Crippen LogP contribution in [-0.4, -0.2) is 10.8 Å². The number of carbonyl (C=O) groups excluding carboxylic acids is 1. The molecule has 0 aliphatic rings. The van der Waals surface area contributed by atoms with Gasteiger partial charge < -0.3 is 5.73 Å². The lowest BCUT2D eigenvalue weighted by Crippen LogP contribution is -2.15. The summed E-state index contributed by atoms with van der Waals surface area (Å²) >= 11 is 0. The van der Waals surface area contributed by atoms with E-state index in [1.54, 1.807) is 0 Å². The van der Waals surface area contributed by atoms with Crippen LogP contribution in [0.25, 0.3) is 0 Å². The van der Waals surface area contributed by atoms with Gasteiger partial charge in [0.2, 0.25) is 5.91 Å². The second-order valence-corrected chi connectivity index (χ2v) is 3.46. The van der Waals surface area contributed by atoms with Crippen LogP contribution in [0.3, 0.4) is 0 Å². The van der Waals surface area contributed by atoms with Crippen LogP contribution in [0.5, 0.6) is 0 Å². The average molecular weight is 222 g/mol. The molecule has 0 heterocycles. The van der Waals surface area contributed by atoms with Crippen molar-refractivity contribution in [3.63, 3.8) is 0 Å². The Kier molecular flexibility index (Phi) is 3.60. The number of nitro groups is 1. The van der Waals surface area contributed by atoms with Gasteiger partial charge in [0.15, 0.2) is 0 Å². The summed E-state index contributed by atoms with van der Waals surface area (Å²) < 4.78 is 0. The number of nitrogens with zero attached hydrogens (tertiary/aromatic N) is 1. The molecule has 1 amide bonds. The Morgan fingerprint density at radius 1 is 1.38 bits per heavy atom. The Labute approximate surface area is 93.4 Å². The van der Waals surface area contributed by atoms with Gasteiger partial charge in [-0.2, -0.15) is 0 Å². The van der Waals surface area contributed by atoms with Crippen LogP contribution in [0.2, 0.25) is 0 Å². The molecule has 0 spiro atoms. The lowest BCUT2D eigenvalue weighted by molar-refractivity contribution is -0.385. The van der Waals surface area contributed by atoms with Crippen molar-refractivity contribution < 1.29 is 9.72 Å². The van der Waals surface area contributed by atoms with Crippen molar-refractivity contribution >= 4 is 11.6 Å². The summed E-state index contributed by atoms with van der Waals surface area (Å²) in [7, 11) is 0. The number of hydrogen-bond donors (Lipinski definition) is 1. The van der Waals surface area contributed by atoms with E-state index in [0.717, 1.165) is 11.1 Å². The second kappa shape index (κ2) is 4.74. The van der Waals surface area contributed by atoms with Crippen LogP contribution in [-0.2, 0) is 12.8 Å². The van der Waals surface area contributed by atoms with E-state index in [4.69, 9.17) is 5.73 Å². The van der Waals surface area contributed by atoms with Crippen LogP contribution < -0.4 is 5.73 Å². The summed E-state index contributed by atoms with van der Waals surface area (Å²) in [5, 5.41) is 10.7. The van der Waals surface area contributed by atoms with Crippen molar-refractivity contribution in [1.82, 2.24) is 0 Å². The Hall–Kier alpha value is -1.91. The molecule has 5 heteroatoms. The van der Waals surface area contributed by atoms with Crippen molar-refractivity contribution in [3.05, 3.63) is 38.9 Å². The number of non-ortho nitro benzene ring substituents is 1. The van der Waals surface area contributed by atoms with E-state index in [-0.39, 0.29) is 11.3 Å². The van der Waals surface area contributed by atoms with Gasteiger partial charge in [-0.1, -0.05) is 13.8 Å². The van der Waals surface area contributed by atoms with E-state index in [1.807, 2.05) is 13.8 Å². The highest BCUT2D eigenvalue weighted by atomic mass is 16.6. The van der Waals surface area contributed by atoms with E-state index in [9.17, 15) is 14.9 Å². The van der Waals surface area contributed by atoms with Crippen LogP contribution in [0.4, 0.5) is 5.69 Å². The molecule has 2 N–H and O–H groups in total. The number of rotatable bonds is 4. The van der Waals surface area contributed by atoms with Gasteiger partial charge in [-0.05, 0) is 24.0 Å². The summed E-state index contributed by atoms with van der Waals surface area (Å²) in [4.78, 5) is 21.4. The normalized spacial score (nSPS) is 10.1. The zero-order chi connectivity index (χ0) is 12.3. The Bertz CT molecular complexity index is 441. The van der Waals surface area contributed by atoms with Gasteiger partial charge >= 0.3 is 0 Å². The molecule has 0 fully saturated rings. The van der Waals surface area contributed by atoms with E-state index >= 15 is 0 Å². The molecule has 1 aromatic carbocycles. The van der Waals surface area contributed by atoms with Gasteiger partial charge in [-0.25, -0.2) is 0 Å². The molecule has 0 aromatic heterocycles. The molecule has 1 aromatic rings. The number of aryl methyl sites for hydroxylation is 1. The van der Waals surface area contributed by atoms with E-state index < -0.39 is 10.8 Å². The summed E-state index contributed by atoms with van der Waals surface area (Å²) in [5.74, 6) is -0.616. The zero-order valence-electron chi connectivity index (χ0n) is 9.32. The average Bonchev–Trinajstić information content (AvgIpc) is 2.26. The van der Waals surface area contributed by atoms with Crippen molar-refractivity contribution in [1.29, 1.82) is 0 Å². The monoisotopic (exact) mass is 222 g/mol. The Morgan fingerprint density at radius 3 is 2.38 bits per heavy atom. The molecular weight excluding hydrogens is 208 g/mol. The number of primary amides is 1. The molecule has 0 unspecified atom stereocenters. The zero-order valence-corrected chi connectivity index (χ0v) is 9.32. The summed E-state index contributed by atoms with van der Waals surface area (Å²) in [5.41, 5.74) is 7.02. The highest BCUT2D eigenvalue weighted by Crippen LogP contribution is 2.23.